The number of nitrogens with one attached hydrogen (secondary N) is 1. The van der Waals surface area contributed by atoms with Crippen molar-refractivity contribution in [2.24, 2.45) is 0 Å². The number of rotatable bonds is 3. The molecular weight excluding hydrogens is 206 g/mol. The minimum atomic E-state index is 0.140. The third-order valence-corrected chi connectivity index (χ3v) is 3.14. The predicted molar refractivity (Wildman–Crippen MR) is 78.9 cm³/mol. The molecular formula is C16H25N. The van der Waals surface area contributed by atoms with Gasteiger partial charge in [-0.3, -0.25) is 0 Å². The van der Waals surface area contributed by atoms with Crippen LogP contribution in [0, 0.1) is 0 Å². The standard InChI is InChI=1S/C16H25N/c1-8-12-9-13(11(2)3)10-14(15(12)17-7)16(4,5)6/h8-11,17H,1H2,2-7H3. The van der Waals surface area contributed by atoms with Crippen molar-refractivity contribution >= 4 is 11.8 Å². The Bertz CT molecular complexity index is 408. The average molecular weight is 231 g/mol. The second-order valence-corrected chi connectivity index (χ2v) is 5.89. The fraction of sp³-hybridized carbons (Fsp3) is 0.500. The van der Waals surface area contributed by atoms with Gasteiger partial charge in [0.2, 0.25) is 0 Å². The molecule has 0 atom stereocenters. The van der Waals surface area contributed by atoms with Gasteiger partial charge in [-0.25, -0.2) is 0 Å². The number of hydrogen-bond donors (Lipinski definition) is 1. The molecule has 1 rings (SSSR count). The maximum absolute atomic E-state index is 3.92. The summed E-state index contributed by atoms with van der Waals surface area (Å²) >= 11 is 0. The summed E-state index contributed by atoms with van der Waals surface area (Å²) in [5.74, 6) is 0.542. The summed E-state index contributed by atoms with van der Waals surface area (Å²) in [6.45, 7) is 15.1. The maximum Gasteiger partial charge on any atom is 0.0449 e. The molecule has 0 amide bonds. The largest absolute Gasteiger partial charge is 0.387 e. The lowest BCUT2D eigenvalue weighted by molar-refractivity contribution is 0.590. The van der Waals surface area contributed by atoms with Crippen molar-refractivity contribution in [1.29, 1.82) is 0 Å². The molecule has 0 aliphatic carbocycles. The van der Waals surface area contributed by atoms with Gasteiger partial charge >= 0.3 is 0 Å². The first kappa shape index (κ1) is 13.8. The molecule has 1 aromatic carbocycles. The highest BCUT2D eigenvalue weighted by Crippen LogP contribution is 2.35. The SMILES string of the molecule is C=Cc1cc(C(C)C)cc(C(C)(C)C)c1NC. The molecule has 94 valence electrons. The normalized spacial score (nSPS) is 11.7. The lowest BCUT2D eigenvalue weighted by Crippen LogP contribution is -2.15. The van der Waals surface area contributed by atoms with Crippen molar-refractivity contribution in [2.75, 3.05) is 12.4 Å². The summed E-state index contributed by atoms with van der Waals surface area (Å²) in [5.41, 5.74) is 5.28. The summed E-state index contributed by atoms with van der Waals surface area (Å²) in [7, 11) is 1.98. The maximum atomic E-state index is 3.92. The Hall–Kier alpha value is -1.24. The fourth-order valence-electron chi connectivity index (χ4n) is 2.05. The van der Waals surface area contributed by atoms with Crippen molar-refractivity contribution in [2.45, 2.75) is 46.0 Å². The Morgan fingerprint density at radius 1 is 1.24 bits per heavy atom. The third kappa shape index (κ3) is 2.91. The van der Waals surface area contributed by atoms with Gasteiger partial charge in [0.05, 0.1) is 0 Å². The highest BCUT2D eigenvalue weighted by atomic mass is 14.8. The van der Waals surface area contributed by atoms with Crippen molar-refractivity contribution in [3.05, 3.63) is 35.4 Å². The van der Waals surface area contributed by atoms with Gasteiger partial charge in [-0.2, -0.15) is 0 Å². The highest BCUT2D eigenvalue weighted by molar-refractivity contribution is 5.71. The van der Waals surface area contributed by atoms with E-state index in [-0.39, 0.29) is 5.41 Å². The van der Waals surface area contributed by atoms with E-state index in [0.29, 0.717) is 5.92 Å². The smallest absolute Gasteiger partial charge is 0.0449 e. The van der Waals surface area contributed by atoms with E-state index in [1.807, 2.05) is 13.1 Å². The van der Waals surface area contributed by atoms with Gasteiger partial charge in [-0.15, -0.1) is 0 Å². The molecule has 0 fully saturated rings. The molecule has 0 unspecified atom stereocenters. The van der Waals surface area contributed by atoms with Crippen LogP contribution in [0.2, 0.25) is 0 Å². The molecule has 0 saturated carbocycles. The molecule has 0 radical (unpaired) electrons. The zero-order chi connectivity index (χ0) is 13.2. The highest BCUT2D eigenvalue weighted by Gasteiger charge is 2.20. The van der Waals surface area contributed by atoms with Crippen molar-refractivity contribution in [3.8, 4) is 0 Å². The molecule has 0 aromatic heterocycles. The summed E-state index contributed by atoms with van der Waals surface area (Å²) in [6.07, 6.45) is 1.94. The van der Waals surface area contributed by atoms with Gasteiger partial charge in [-0.1, -0.05) is 53.3 Å². The van der Waals surface area contributed by atoms with Crippen LogP contribution >= 0.6 is 0 Å². The number of hydrogen-bond acceptors (Lipinski definition) is 1. The van der Waals surface area contributed by atoms with Crippen molar-refractivity contribution in [1.82, 2.24) is 0 Å². The van der Waals surface area contributed by atoms with E-state index in [9.17, 15) is 0 Å². The van der Waals surface area contributed by atoms with Crippen molar-refractivity contribution in [3.63, 3.8) is 0 Å². The monoisotopic (exact) mass is 231 g/mol. The van der Waals surface area contributed by atoms with Crippen LogP contribution in [0.4, 0.5) is 5.69 Å². The number of benzene rings is 1. The minimum Gasteiger partial charge on any atom is -0.387 e. The van der Waals surface area contributed by atoms with Gasteiger partial charge in [0.1, 0.15) is 0 Å². The molecule has 17 heavy (non-hydrogen) atoms. The van der Waals surface area contributed by atoms with E-state index < -0.39 is 0 Å². The van der Waals surface area contributed by atoms with Crippen LogP contribution in [0.1, 0.15) is 57.2 Å². The predicted octanol–water partition coefficient (Wildman–Crippen LogP) is 4.79. The third-order valence-electron chi connectivity index (χ3n) is 3.14. The van der Waals surface area contributed by atoms with E-state index in [1.165, 1.54) is 22.4 Å². The van der Waals surface area contributed by atoms with Gasteiger partial charge < -0.3 is 5.32 Å². The summed E-state index contributed by atoms with van der Waals surface area (Å²) in [6, 6.07) is 4.56. The summed E-state index contributed by atoms with van der Waals surface area (Å²) < 4.78 is 0. The van der Waals surface area contributed by atoms with E-state index in [0.717, 1.165) is 0 Å². The quantitative estimate of drug-likeness (QED) is 0.788. The lowest BCUT2D eigenvalue weighted by atomic mass is 9.82. The Kier molecular flexibility index (Phi) is 4.03. The molecule has 0 aliphatic rings. The Balaban J connectivity index is 3.54. The first-order chi connectivity index (χ1) is 7.81. The average Bonchev–Trinajstić information content (AvgIpc) is 2.25. The van der Waals surface area contributed by atoms with Crippen LogP contribution in [0.25, 0.3) is 6.08 Å². The molecule has 0 heterocycles. The van der Waals surface area contributed by atoms with Gasteiger partial charge in [0.15, 0.2) is 0 Å². The first-order valence-electron chi connectivity index (χ1n) is 6.29. The van der Waals surface area contributed by atoms with E-state index in [1.54, 1.807) is 0 Å². The van der Waals surface area contributed by atoms with Crippen LogP contribution in [0.3, 0.4) is 0 Å². The van der Waals surface area contributed by atoms with Crippen LogP contribution in [-0.4, -0.2) is 7.05 Å². The molecule has 0 aliphatic heterocycles. The van der Waals surface area contributed by atoms with Crippen LogP contribution in [0.15, 0.2) is 18.7 Å². The van der Waals surface area contributed by atoms with Crippen molar-refractivity contribution < 1.29 is 0 Å². The van der Waals surface area contributed by atoms with Crippen LogP contribution in [0.5, 0.6) is 0 Å². The molecule has 1 heteroatoms. The molecule has 0 spiro atoms. The number of anilines is 1. The summed E-state index contributed by atoms with van der Waals surface area (Å²) in [5, 5.41) is 3.32. The summed E-state index contributed by atoms with van der Waals surface area (Å²) in [4.78, 5) is 0. The Morgan fingerprint density at radius 3 is 2.18 bits per heavy atom. The van der Waals surface area contributed by atoms with Crippen LogP contribution < -0.4 is 5.32 Å². The molecule has 1 aromatic rings. The topological polar surface area (TPSA) is 12.0 Å². The zero-order valence-corrected chi connectivity index (χ0v) is 12.0. The lowest BCUT2D eigenvalue weighted by Gasteiger charge is -2.26. The molecule has 0 saturated heterocycles. The van der Waals surface area contributed by atoms with E-state index in [2.05, 4.69) is 58.6 Å². The molecule has 1 N–H and O–H groups in total. The second-order valence-electron chi connectivity index (χ2n) is 5.89. The minimum absolute atomic E-state index is 0.140. The fourth-order valence-corrected chi connectivity index (χ4v) is 2.05. The van der Waals surface area contributed by atoms with Gasteiger partial charge in [-0.05, 0) is 34.1 Å². The van der Waals surface area contributed by atoms with Gasteiger partial charge in [0, 0.05) is 12.7 Å². The van der Waals surface area contributed by atoms with E-state index >= 15 is 0 Å². The van der Waals surface area contributed by atoms with Crippen LogP contribution in [-0.2, 0) is 5.41 Å². The second kappa shape index (κ2) is 4.95. The Morgan fingerprint density at radius 2 is 1.82 bits per heavy atom. The molecule has 0 bridgehead atoms. The zero-order valence-electron chi connectivity index (χ0n) is 12.0. The molecule has 1 nitrogen and oxygen atoms in total. The van der Waals surface area contributed by atoms with Gasteiger partial charge in [0.25, 0.3) is 0 Å². The Labute approximate surface area is 106 Å². The first-order valence-corrected chi connectivity index (χ1v) is 6.29. The van der Waals surface area contributed by atoms with E-state index in [4.69, 9.17) is 0 Å².